The highest BCUT2D eigenvalue weighted by Gasteiger charge is 2.15. The van der Waals surface area contributed by atoms with Crippen molar-refractivity contribution < 1.29 is 4.92 Å². The van der Waals surface area contributed by atoms with Gasteiger partial charge in [-0.3, -0.25) is 14.9 Å². The smallest absolute Gasteiger partial charge is 0.280 e. The monoisotopic (exact) mass is 217 g/mol. The number of rotatable bonds is 2. The van der Waals surface area contributed by atoms with E-state index in [1.54, 1.807) is 12.1 Å². The highest BCUT2D eigenvalue weighted by molar-refractivity contribution is 5.67. The van der Waals surface area contributed by atoms with Gasteiger partial charge in [0.15, 0.2) is 0 Å². The molecule has 1 aromatic heterocycles. The molecule has 1 aromatic carbocycles. The third kappa shape index (κ3) is 1.81. The molecular formula is C10H7N3O3. The minimum atomic E-state index is -0.512. The molecule has 0 radical (unpaired) electrons. The summed E-state index contributed by atoms with van der Waals surface area (Å²) in [6, 6.07) is 7.36. The van der Waals surface area contributed by atoms with Crippen LogP contribution < -0.4 is 5.56 Å². The van der Waals surface area contributed by atoms with Crippen molar-refractivity contribution in [2.45, 2.75) is 0 Å². The van der Waals surface area contributed by atoms with E-state index in [1.807, 2.05) is 0 Å². The molecule has 0 aliphatic rings. The van der Waals surface area contributed by atoms with Crippen LogP contribution in [0.2, 0.25) is 0 Å². The summed E-state index contributed by atoms with van der Waals surface area (Å²) in [7, 11) is 0. The Balaban J connectivity index is 2.64. The van der Waals surface area contributed by atoms with Gasteiger partial charge in [0.05, 0.1) is 10.5 Å². The summed E-state index contributed by atoms with van der Waals surface area (Å²) in [4.78, 5) is 27.7. The number of benzene rings is 1. The number of nitrogens with one attached hydrogen (secondary N) is 1. The summed E-state index contributed by atoms with van der Waals surface area (Å²) in [6.07, 6.45) is 1.31. The van der Waals surface area contributed by atoms with Crippen LogP contribution in [0.1, 0.15) is 0 Å². The maximum absolute atomic E-state index is 11.1. The Kier molecular flexibility index (Phi) is 2.47. The van der Waals surface area contributed by atoms with Crippen LogP contribution in [-0.2, 0) is 0 Å². The molecule has 0 aliphatic carbocycles. The van der Waals surface area contributed by atoms with E-state index < -0.39 is 4.92 Å². The Morgan fingerprint density at radius 2 is 2.00 bits per heavy atom. The van der Waals surface area contributed by atoms with E-state index in [-0.39, 0.29) is 17.1 Å². The Morgan fingerprint density at radius 3 is 2.69 bits per heavy atom. The highest BCUT2D eigenvalue weighted by Crippen LogP contribution is 2.25. The molecule has 0 atom stereocenters. The minimum Gasteiger partial charge on any atom is -0.306 e. The molecule has 6 heteroatoms. The maximum atomic E-state index is 11.1. The molecule has 2 rings (SSSR count). The Morgan fingerprint density at radius 1 is 1.25 bits per heavy atom. The zero-order valence-electron chi connectivity index (χ0n) is 8.08. The first-order valence-electron chi connectivity index (χ1n) is 4.47. The fourth-order valence-electron chi connectivity index (χ4n) is 1.34. The first kappa shape index (κ1) is 10.0. The molecule has 0 spiro atoms. The van der Waals surface area contributed by atoms with E-state index in [9.17, 15) is 14.9 Å². The van der Waals surface area contributed by atoms with Gasteiger partial charge in [-0.15, -0.1) is 0 Å². The SMILES string of the molecule is O=c1ccnc(-c2ccccc2[N+](=O)[O-])[nH]1. The van der Waals surface area contributed by atoms with Crippen molar-refractivity contribution in [3.8, 4) is 11.4 Å². The normalized spacial score (nSPS) is 10.0. The maximum Gasteiger partial charge on any atom is 0.280 e. The van der Waals surface area contributed by atoms with Crippen molar-refractivity contribution in [1.29, 1.82) is 0 Å². The predicted octanol–water partition coefficient (Wildman–Crippen LogP) is 1.35. The average Bonchev–Trinajstić information content (AvgIpc) is 2.29. The van der Waals surface area contributed by atoms with Gasteiger partial charge in [-0.2, -0.15) is 0 Å². The van der Waals surface area contributed by atoms with Crippen LogP contribution >= 0.6 is 0 Å². The number of H-pyrrole nitrogens is 1. The molecule has 6 nitrogen and oxygen atoms in total. The number of nitrogens with zero attached hydrogens (tertiary/aromatic N) is 2. The number of nitro groups is 1. The zero-order valence-corrected chi connectivity index (χ0v) is 8.08. The summed E-state index contributed by atoms with van der Waals surface area (Å²) in [5, 5.41) is 10.8. The molecule has 80 valence electrons. The molecule has 0 fully saturated rings. The molecule has 0 unspecified atom stereocenters. The van der Waals surface area contributed by atoms with Gasteiger partial charge in [-0.1, -0.05) is 12.1 Å². The Bertz CT molecular complexity index is 592. The van der Waals surface area contributed by atoms with E-state index >= 15 is 0 Å². The second-order valence-corrected chi connectivity index (χ2v) is 3.06. The van der Waals surface area contributed by atoms with Crippen LogP contribution in [-0.4, -0.2) is 14.9 Å². The molecule has 2 aromatic rings. The number of aromatic amines is 1. The van der Waals surface area contributed by atoms with Crippen LogP contribution in [0.5, 0.6) is 0 Å². The van der Waals surface area contributed by atoms with Crippen molar-refractivity contribution in [2.24, 2.45) is 0 Å². The fourth-order valence-corrected chi connectivity index (χ4v) is 1.34. The van der Waals surface area contributed by atoms with Gasteiger partial charge in [0.25, 0.3) is 11.2 Å². The lowest BCUT2D eigenvalue weighted by Crippen LogP contribution is -2.06. The van der Waals surface area contributed by atoms with Crippen molar-refractivity contribution in [3.63, 3.8) is 0 Å². The molecular weight excluding hydrogens is 210 g/mol. The topological polar surface area (TPSA) is 88.9 Å². The quantitative estimate of drug-likeness (QED) is 0.607. The first-order valence-corrected chi connectivity index (χ1v) is 4.47. The first-order chi connectivity index (χ1) is 7.68. The Hall–Kier alpha value is -2.50. The van der Waals surface area contributed by atoms with Gasteiger partial charge in [0.1, 0.15) is 5.82 Å². The number of aromatic nitrogens is 2. The van der Waals surface area contributed by atoms with Gasteiger partial charge in [-0.05, 0) is 6.07 Å². The summed E-state index contributed by atoms with van der Waals surface area (Å²) in [5.41, 5.74) is -0.134. The summed E-state index contributed by atoms with van der Waals surface area (Å²) >= 11 is 0. The van der Waals surface area contributed by atoms with Crippen LogP contribution in [0.25, 0.3) is 11.4 Å². The zero-order chi connectivity index (χ0) is 11.5. The number of hydrogen-bond donors (Lipinski definition) is 1. The van der Waals surface area contributed by atoms with E-state index in [1.165, 1.54) is 24.4 Å². The molecule has 0 saturated heterocycles. The van der Waals surface area contributed by atoms with Crippen molar-refractivity contribution in [1.82, 2.24) is 9.97 Å². The standard InChI is InChI=1S/C10H7N3O3/c14-9-5-6-11-10(12-9)7-3-1-2-4-8(7)13(15)16/h1-6H,(H,11,12,14). The second kappa shape index (κ2) is 3.93. The predicted molar refractivity (Wildman–Crippen MR) is 56.9 cm³/mol. The lowest BCUT2D eigenvalue weighted by Gasteiger charge is -2.00. The minimum absolute atomic E-state index is 0.0862. The lowest BCUT2D eigenvalue weighted by atomic mass is 10.1. The largest absolute Gasteiger partial charge is 0.306 e. The van der Waals surface area contributed by atoms with Crippen molar-refractivity contribution in [2.75, 3.05) is 0 Å². The van der Waals surface area contributed by atoms with Gasteiger partial charge < -0.3 is 4.98 Å². The molecule has 16 heavy (non-hydrogen) atoms. The molecule has 0 aliphatic heterocycles. The lowest BCUT2D eigenvalue weighted by molar-refractivity contribution is -0.384. The van der Waals surface area contributed by atoms with Crippen molar-refractivity contribution in [3.05, 3.63) is 57.0 Å². The molecule has 0 amide bonds. The van der Waals surface area contributed by atoms with Gasteiger partial charge in [-0.25, -0.2) is 4.98 Å². The number of para-hydroxylation sites is 1. The average molecular weight is 217 g/mol. The summed E-state index contributed by atoms with van der Waals surface area (Å²) in [5.74, 6) is 0.194. The highest BCUT2D eigenvalue weighted by atomic mass is 16.6. The molecule has 1 N–H and O–H groups in total. The summed E-state index contributed by atoms with van der Waals surface area (Å²) in [6.45, 7) is 0. The van der Waals surface area contributed by atoms with Crippen LogP contribution in [0.3, 0.4) is 0 Å². The fraction of sp³-hybridized carbons (Fsp3) is 0. The number of hydrogen-bond acceptors (Lipinski definition) is 4. The van der Waals surface area contributed by atoms with Crippen LogP contribution in [0.4, 0.5) is 5.69 Å². The van der Waals surface area contributed by atoms with E-state index in [0.29, 0.717) is 5.56 Å². The number of nitro benzene ring substituents is 1. The third-order valence-corrected chi connectivity index (χ3v) is 2.03. The van der Waals surface area contributed by atoms with E-state index in [0.717, 1.165) is 0 Å². The van der Waals surface area contributed by atoms with Crippen molar-refractivity contribution >= 4 is 5.69 Å². The van der Waals surface area contributed by atoms with E-state index in [2.05, 4.69) is 9.97 Å². The third-order valence-electron chi connectivity index (χ3n) is 2.03. The van der Waals surface area contributed by atoms with E-state index in [4.69, 9.17) is 0 Å². The molecule has 0 saturated carbocycles. The Labute approximate surface area is 89.7 Å². The van der Waals surface area contributed by atoms with Gasteiger partial charge in [0, 0.05) is 18.3 Å². The second-order valence-electron chi connectivity index (χ2n) is 3.06. The van der Waals surface area contributed by atoms with Crippen LogP contribution in [0.15, 0.2) is 41.3 Å². The molecule has 0 bridgehead atoms. The summed E-state index contributed by atoms with van der Waals surface area (Å²) < 4.78 is 0. The molecule has 1 heterocycles. The van der Waals surface area contributed by atoms with Gasteiger partial charge in [0.2, 0.25) is 0 Å². The van der Waals surface area contributed by atoms with Gasteiger partial charge >= 0.3 is 0 Å². The van der Waals surface area contributed by atoms with Crippen LogP contribution in [0, 0.1) is 10.1 Å².